The lowest BCUT2D eigenvalue weighted by atomic mass is 10.2. The highest BCUT2D eigenvalue weighted by Crippen LogP contribution is 2.34. The van der Waals surface area contributed by atoms with Crippen molar-refractivity contribution in [3.63, 3.8) is 0 Å². The first-order valence-corrected chi connectivity index (χ1v) is 7.82. The van der Waals surface area contributed by atoms with Gasteiger partial charge in [-0.3, -0.25) is 0 Å². The molecule has 0 bridgehead atoms. The summed E-state index contributed by atoms with van der Waals surface area (Å²) in [4.78, 5) is 0.973. The smallest absolute Gasteiger partial charge is 0.214 e. The number of aliphatic hydroxyl groups excluding tert-OH is 1. The van der Waals surface area contributed by atoms with E-state index in [1.54, 1.807) is 0 Å². The van der Waals surface area contributed by atoms with E-state index in [1.165, 1.54) is 24.6 Å². The molecule has 1 fully saturated rings. The minimum atomic E-state index is -0.0520. The third-order valence-corrected chi connectivity index (χ3v) is 4.83. The Morgan fingerprint density at radius 1 is 1.35 bits per heavy atom. The van der Waals surface area contributed by atoms with Crippen LogP contribution in [0.25, 0.3) is 0 Å². The van der Waals surface area contributed by atoms with Crippen molar-refractivity contribution < 1.29 is 5.11 Å². The van der Waals surface area contributed by atoms with Crippen molar-refractivity contribution in [2.24, 2.45) is 0 Å². The van der Waals surface area contributed by atoms with E-state index < -0.39 is 0 Å². The molecule has 0 unspecified atom stereocenters. The van der Waals surface area contributed by atoms with Gasteiger partial charge in [0.25, 0.3) is 0 Å². The maximum atomic E-state index is 9.13. The molecule has 3 rings (SSSR count). The second-order valence-corrected chi connectivity index (χ2v) is 6.31. The number of hydrogen-bond donors (Lipinski definition) is 1. The summed E-state index contributed by atoms with van der Waals surface area (Å²) in [5.74, 6) is 0. The SMILES string of the molecule is OCc1ccc(Sc2nnnn2C2CCCC2)cc1Cl. The topological polar surface area (TPSA) is 63.8 Å². The molecule has 1 N–H and O–H groups in total. The Balaban J connectivity index is 1.81. The minimum Gasteiger partial charge on any atom is -0.392 e. The predicted molar refractivity (Wildman–Crippen MR) is 76.8 cm³/mol. The summed E-state index contributed by atoms with van der Waals surface area (Å²) in [7, 11) is 0. The van der Waals surface area contributed by atoms with Gasteiger partial charge in [0.15, 0.2) is 0 Å². The molecule has 0 saturated heterocycles. The number of benzene rings is 1. The monoisotopic (exact) mass is 310 g/mol. The molecule has 0 radical (unpaired) electrons. The molecule has 0 aliphatic heterocycles. The van der Waals surface area contributed by atoms with Gasteiger partial charge in [0.2, 0.25) is 5.16 Å². The quantitative estimate of drug-likeness (QED) is 0.940. The van der Waals surface area contributed by atoms with E-state index in [2.05, 4.69) is 15.5 Å². The van der Waals surface area contributed by atoms with Crippen molar-refractivity contribution in [2.75, 3.05) is 0 Å². The largest absolute Gasteiger partial charge is 0.392 e. The van der Waals surface area contributed by atoms with Crippen LogP contribution in [0.3, 0.4) is 0 Å². The van der Waals surface area contributed by atoms with Crippen molar-refractivity contribution in [1.29, 1.82) is 0 Å². The maximum absolute atomic E-state index is 9.13. The van der Waals surface area contributed by atoms with Crippen molar-refractivity contribution in [3.8, 4) is 0 Å². The van der Waals surface area contributed by atoms with Gasteiger partial charge in [0, 0.05) is 9.92 Å². The van der Waals surface area contributed by atoms with Crippen molar-refractivity contribution in [2.45, 2.75) is 48.4 Å². The molecule has 0 amide bonds. The molecule has 1 aromatic carbocycles. The number of rotatable bonds is 4. The van der Waals surface area contributed by atoms with Gasteiger partial charge < -0.3 is 5.11 Å². The summed E-state index contributed by atoms with van der Waals surface area (Å²) in [5, 5.41) is 22.5. The normalized spacial score (nSPS) is 15.9. The van der Waals surface area contributed by atoms with E-state index >= 15 is 0 Å². The Bertz CT molecular complexity index is 598. The fourth-order valence-corrected chi connectivity index (χ4v) is 3.64. The van der Waals surface area contributed by atoms with Crippen LogP contribution in [-0.2, 0) is 6.61 Å². The second-order valence-electron chi connectivity index (χ2n) is 4.86. The number of tetrazole rings is 1. The summed E-state index contributed by atoms with van der Waals surface area (Å²) < 4.78 is 1.92. The highest BCUT2D eigenvalue weighted by molar-refractivity contribution is 7.99. The van der Waals surface area contributed by atoms with Crippen LogP contribution >= 0.6 is 23.4 Å². The fourth-order valence-electron chi connectivity index (χ4n) is 2.46. The lowest BCUT2D eigenvalue weighted by Gasteiger charge is -2.11. The molecule has 7 heteroatoms. The molecule has 1 aliphatic rings. The number of nitrogens with zero attached hydrogens (tertiary/aromatic N) is 4. The van der Waals surface area contributed by atoms with Gasteiger partial charge in [0.05, 0.1) is 12.6 Å². The molecule has 20 heavy (non-hydrogen) atoms. The average molecular weight is 311 g/mol. The van der Waals surface area contributed by atoms with Crippen LogP contribution in [0.4, 0.5) is 0 Å². The lowest BCUT2D eigenvalue weighted by molar-refractivity contribution is 0.282. The second kappa shape index (κ2) is 6.11. The standard InChI is InChI=1S/C13H15ClN4OS/c14-12-7-11(6-5-9(12)8-19)20-13-15-16-17-18(13)10-3-1-2-4-10/h5-7,10,19H,1-4,8H2. The van der Waals surface area contributed by atoms with E-state index in [1.807, 2.05) is 22.9 Å². The van der Waals surface area contributed by atoms with E-state index in [-0.39, 0.29) is 6.61 Å². The van der Waals surface area contributed by atoms with Gasteiger partial charge >= 0.3 is 0 Å². The molecular formula is C13H15ClN4OS. The van der Waals surface area contributed by atoms with Crippen LogP contribution < -0.4 is 0 Å². The molecule has 106 valence electrons. The Hall–Kier alpha value is -1.11. The van der Waals surface area contributed by atoms with E-state index in [4.69, 9.17) is 16.7 Å². The Morgan fingerprint density at radius 3 is 2.85 bits per heavy atom. The molecule has 1 saturated carbocycles. The molecule has 1 aliphatic carbocycles. The number of hydrogen-bond acceptors (Lipinski definition) is 5. The molecule has 1 aromatic heterocycles. The van der Waals surface area contributed by atoms with Crippen LogP contribution in [0.2, 0.25) is 5.02 Å². The first-order valence-electron chi connectivity index (χ1n) is 6.63. The molecule has 5 nitrogen and oxygen atoms in total. The highest BCUT2D eigenvalue weighted by atomic mass is 35.5. The van der Waals surface area contributed by atoms with Crippen LogP contribution in [0, 0.1) is 0 Å². The van der Waals surface area contributed by atoms with Crippen molar-refractivity contribution in [3.05, 3.63) is 28.8 Å². The van der Waals surface area contributed by atoms with Gasteiger partial charge in [-0.25, -0.2) is 4.68 Å². The highest BCUT2D eigenvalue weighted by Gasteiger charge is 2.22. The fraction of sp³-hybridized carbons (Fsp3) is 0.462. The first-order chi connectivity index (χ1) is 9.78. The van der Waals surface area contributed by atoms with Crippen LogP contribution in [-0.4, -0.2) is 25.3 Å². The average Bonchev–Trinajstić information content (AvgIpc) is 3.09. The van der Waals surface area contributed by atoms with Gasteiger partial charge in [0.1, 0.15) is 0 Å². The maximum Gasteiger partial charge on any atom is 0.214 e. The summed E-state index contributed by atoms with van der Waals surface area (Å²) in [6.07, 6.45) is 4.77. The summed E-state index contributed by atoms with van der Waals surface area (Å²) in [6.45, 7) is -0.0520. The molecular weight excluding hydrogens is 296 g/mol. The molecule has 0 atom stereocenters. The van der Waals surface area contributed by atoms with Crippen LogP contribution in [0.1, 0.15) is 37.3 Å². The summed E-state index contributed by atoms with van der Waals surface area (Å²) in [6, 6.07) is 6.01. The molecule has 1 heterocycles. The lowest BCUT2D eigenvalue weighted by Crippen LogP contribution is -2.08. The zero-order chi connectivity index (χ0) is 13.9. The van der Waals surface area contributed by atoms with Gasteiger partial charge in [-0.15, -0.1) is 5.10 Å². The zero-order valence-electron chi connectivity index (χ0n) is 10.9. The van der Waals surface area contributed by atoms with E-state index in [0.29, 0.717) is 11.1 Å². The van der Waals surface area contributed by atoms with E-state index in [9.17, 15) is 0 Å². The Kier molecular flexibility index (Phi) is 4.24. The van der Waals surface area contributed by atoms with Crippen LogP contribution in [0.15, 0.2) is 28.3 Å². The van der Waals surface area contributed by atoms with Crippen molar-refractivity contribution >= 4 is 23.4 Å². The minimum absolute atomic E-state index is 0.0520. The Morgan fingerprint density at radius 2 is 2.15 bits per heavy atom. The first kappa shape index (κ1) is 13.9. The summed E-state index contributed by atoms with van der Waals surface area (Å²) >= 11 is 7.61. The van der Waals surface area contributed by atoms with Gasteiger partial charge in [-0.2, -0.15) is 0 Å². The summed E-state index contributed by atoms with van der Waals surface area (Å²) in [5.41, 5.74) is 0.728. The zero-order valence-corrected chi connectivity index (χ0v) is 12.4. The number of aliphatic hydroxyl groups is 1. The van der Waals surface area contributed by atoms with Crippen molar-refractivity contribution in [1.82, 2.24) is 20.2 Å². The Labute approximate surface area is 126 Å². The number of aromatic nitrogens is 4. The molecule has 2 aromatic rings. The van der Waals surface area contributed by atoms with E-state index in [0.717, 1.165) is 28.5 Å². The third kappa shape index (κ3) is 2.82. The van der Waals surface area contributed by atoms with Crippen LogP contribution in [0.5, 0.6) is 0 Å². The third-order valence-electron chi connectivity index (χ3n) is 3.54. The van der Waals surface area contributed by atoms with Gasteiger partial charge in [-0.1, -0.05) is 30.5 Å². The number of halogens is 1. The molecule has 0 spiro atoms. The van der Waals surface area contributed by atoms with Gasteiger partial charge in [-0.05, 0) is 52.7 Å². The predicted octanol–water partition coefficient (Wildman–Crippen LogP) is 3.09.